The first-order valence-electron chi connectivity index (χ1n) is 7.19. The summed E-state index contributed by atoms with van der Waals surface area (Å²) in [7, 11) is 0. The van der Waals surface area contributed by atoms with Crippen molar-refractivity contribution in [2.75, 3.05) is 5.32 Å². The van der Waals surface area contributed by atoms with Gasteiger partial charge in [-0.1, -0.05) is 24.3 Å². The van der Waals surface area contributed by atoms with Gasteiger partial charge in [0.25, 0.3) is 5.91 Å². The Hall–Kier alpha value is -2.34. The largest absolute Gasteiger partial charge is 0.456 e. The van der Waals surface area contributed by atoms with Crippen molar-refractivity contribution < 1.29 is 9.21 Å². The van der Waals surface area contributed by atoms with Gasteiger partial charge in [-0.15, -0.1) is 0 Å². The minimum Gasteiger partial charge on any atom is -0.456 e. The second-order valence-corrected chi connectivity index (χ2v) is 6.52. The van der Waals surface area contributed by atoms with Crippen LogP contribution < -0.4 is 5.32 Å². The quantitative estimate of drug-likeness (QED) is 0.445. The zero-order chi connectivity index (χ0) is 15.8. The van der Waals surface area contributed by atoms with Crippen LogP contribution in [0.2, 0.25) is 0 Å². The first-order valence-corrected chi connectivity index (χ1v) is 8.27. The summed E-state index contributed by atoms with van der Waals surface area (Å²) in [6.45, 7) is 0. The maximum Gasteiger partial charge on any atom is 0.255 e. The molecular weight excluding hydrogens is 401 g/mol. The van der Waals surface area contributed by atoms with Crippen molar-refractivity contribution in [1.82, 2.24) is 0 Å². The van der Waals surface area contributed by atoms with E-state index in [2.05, 4.69) is 27.9 Å². The highest BCUT2D eigenvalue weighted by atomic mass is 127. The number of anilines is 1. The zero-order valence-electron chi connectivity index (χ0n) is 12.0. The van der Waals surface area contributed by atoms with Crippen molar-refractivity contribution >= 4 is 56.1 Å². The summed E-state index contributed by atoms with van der Waals surface area (Å²) in [4.78, 5) is 12.4. The lowest BCUT2D eigenvalue weighted by molar-refractivity contribution is 0.102. The molecule has 0 fully saturated rings. The number of rotatable bonds is 2. The van der Waals surface area contributed by atoms with Crippen LogP contribution in [0.3, 0.4) is 0 Å². The van der Waals surface area contributed by atoms with Crippen LogP contribution in [0.25, 0.3) is 21.9 Å². The van der Waals surface area contributed by atoms with E-state index in [1.165, 1.54) is 0 Å². The topological polar surface area (TPSA) is 42.2 Å². The summed E-state index contributed by atoms with van der Waals surface area (Å²) in [5.74, 6) is -0.115. The molecule has 1 aromatic heterocycles. The van der Waals surface area contributed by atoms with Gasteiger partial charge in [-0.25, -0.2) is 0 Å². The third kappa shape index (κ3) is 2.70. The molecule has 0 radical (unpaired) electrons. The molecule has 0 aliphatic rings. The molecular formula is C19H12INO2. The normalized spacial score (nSPS) is 11.0. The minimum absolute atomic E-state index is 0.115. The summed E-state index contributed by atoms with van der Waals surface area (Å²) in [6, 6.07) is 21.1. The fourth-order valence-corrected chi connectivity index (χ4v) is 3.18. The number of fused-ring (bicyclic) bond motifs is 3. The third-order valence-corrected chi connectivity index (χ3v) is 4.39. The van der Waals surface area contributed by atoms with Crippen LogP contribution >= 0.6 is 22.6 Å². The average Bonchev–Trinajstić information content (AvgIpc) is 2.93. The highest BCUT2D eigenvalue weighted by molar-refractivity contribution is 14.1. The fraction of sp³-hybridized carbons (Fsp3) is 0. The molecule has 0 unspecified atom stereocenters. The smallest absolute Gasteiger partial charge is 0.255 e. The molecule has 0 spiro atoms. The molecule has 4 rings (SSSR count). The molecule has 0 saturated heterocycles. The first kappa shape index (κ1) is 14.3. The Balaban J connectivity index is 1.71. The second kappa shape index (κ2) is 5.70. The molecule has 0 bridgehead atoms. The number of carbonyl (C=O) groups is 1. The summed E-state index contributed by atoms with van der Waals surface area (Å²) >= 11 is 2.20. The van der Waals surface area contributed by atoms with E-state index in [0.717, 1.165) is 31.2 Å². The number of hydrogen-bond acceptors (Lipinski definition) is 2. The van der Waals surface area contributed by atoms with Gasteiger partial charge in [0.05, 0.1) is 0 Å². The molecule has 0 aliphatic heterocycles. The van der Waals surface area contributed by atoms with E-state index in [0.29, 0.717) is 5.56 Å². The van der Waals surface area contributed by atoms with Gasteiger partial charge in [-0.05, 0) is 65.1 Å². The van der Waals surface area contributed by atoms with Crippen LogP contribution in [0.15, 0.2) is 71.1 Å². The van der Waals surface area contributed by atoms with Gasteiger partial charge < -0.3 is 9.73 Å². The molecule has 3 nitrogen and oxygen atoms in total. The molecule has 3 aromatic carbocycles. The van der Waals surface area contributed by atoms with Crippen molar-refractivity contribution in [2.24, 2.45) is 0 Å². The Kier molecular flexibility index (Phi) is 3.53. The molecule has 1 N–H and O–H groups in total. The number of furan rings is 1. The SMILES string of the molecule is O=C(Nc1ccc2oc3ccccc3c2c1)c1cccc(I)c1. The summed E-state index contributed by atoms with van der Waals surface area (Å²) in [5, 5.41) is 5.00. The Morgan fingerprint density at radius 1 is 0.870 bits per heavy atom. The average molecular weight is 413 g/mol. The van der Waals surface area contributed by atoms with Gasteiger partial charge in [0.1, 0.15) is 11.2 Å². The van der Waals surface area contributed by atoms with Gasteiger partial charge >= 0.3 is 0 Å². The zero-order valence-corrected chi connectivity index (χ0v) is 14.2. The molecule has 4 heteroatoms. The monoisotopic (exact) mass is 413 g/mol. The number of benzene rings is 3. The predicted molar refractivity (Wildman–Crippen MR) is 101 cm³/mol. The fourth-order valence-electron chi connectivity index (χ4n) is 2.64. The van der Waals surface area contributed by atoms with Crippen molar-refractivity contribution in [3.8, 4) is 0 Å². The van der Waals surface area contributed by atoms with Gasteiger partial charge in [0, 0.05) is 25.6 Å². The van der Waals surface area contributed by atoms with Crippen molar-refractivity contribution in [1.29, 1.82) is 0 Å². The Bertz CT molecular complexity index is 1040. The van der Waals surface area contributed by atoms with Crippen LogP contribution in [0.5, 0.6) is 0 Å². The van der Waals surface area contributed by atoms with Gasteiger partial charge in [0.15, 0.2) is 0 Å². The van der Waals surface area contributed by atoms with Crippen LogP contribution in [0, 0.1) is 3.57 Å². The Morgan fingerprint density at radius 2 is 1.70 bits per heavy atom. The second-order valence-electron chi connectivity index (χ2n) is 5.27. The van der Waals surface area contributed by atoms with Crippen LogP contribution in [-0.4, -0.2) is 5.91 Å². The van der Waals surface area contributed by atoms with E-state index in [-0.39, 0.29) is 5.91 Å². The predicted octanol–water partition coefficient (Wildman–Crippen LogP) is 5.44. The molecule has 0 aliphatic carbocycles. The molecule has 4 aromatic rings. The lowest BCUT2D eigenvalue weighted by Gasteiger charge is -2.05. The van der Waals surface area contributed by atoms with Gasteiger partial charge in [-0.2, -0.15) is 0 Å². The third-order valence-electron chi connectivity index (χ3n) is 3.72. The molecule has 1 amide bonds. The van der Waals surface area contributed by atoms with Crippen LogP contribution in [-0.2, 0) is 0 Å². The minimum atomic E-state index is -0.115. The molecule has 1 heterocycles. The standard InChI is InChI=1S/C19H12INO2/c20-13-5-3-4-12(10-13)19(22)21-14-8-9-18-16(11-14)15-6-1-2-7-17(15)23-18/h1-11H,(H,21,22). The molecule has 23 heavy (non-hydrogen) atoms. The number of amides is 1. The Morgan fingerprint density at radius 3 is 2.57 bits per heavy atom. The summed E-state index contributed by atoms with van der Waals surface area (Å²) in [6.07, 6.45) is 0. The van der Waals surface area contributed by atoms with Crippen molar-refractivity contribution in [3.63, 3.8) is 0 Å². The highest BCUT2D eigenvalue weighted by Gasteiger charge is 2.10. The van der Waals surface area contributed by atoms with E-state index in [1.807, 2.05) is 66.7 Å². The van der Waals surface area contributed by atoms with Gasteiger partial charge in [-0.3, -0.25) is 4.79 Å². The van der Waals surface area contributed by atoms with Crippen molar-refractivity contribution in [3.05, 3.63) is 75.9 Å². The number of nitrogens with one attached hydrogen (secondary N) is 1. The van der Waals surface area contributed by atoms with E-state index >= 15 is 0 Å². The number of para-hydroxylation sites is 1. The molecule has 0 saturated carbocycles. The van der Waals surface area contributed by atoms with Crippen LogP contribution in [0.1, 0.15) is 10.4 Å². The highest BCUT2D eigenvalue weighted by Crippen LogP contribution is 2.30. The van der Waals surface area contributed by atoms with E-state index in [4.69, 9.17) is 4.42 Å². The Labute approximate surface area is 146 Å². The maximum absolute atomic E-state index is 12.4. The van der Waals surface area contributed by atoms with Gasteiger partial charge in [0.2, 0.25) is 0 Å². The van der Waals surface area contributed by atoms with Crippen molar-refractivity contribution in [2.45, 2.75) is 0 Å². The van der Waals surface area contributed by atoms with E-state index in [1.54, 1.807) is 0 Å². The molecule has 112 valence electrons. The number of halogens is 1. The molecule has 0 atom stereocenters. The summed E-state index contributed by atoms with van der Waals surface area (Å²) in [5.41, 5.74) is 3.07. The first-order chi connectivity index (χ1) is 11.2. The number of hydrogen-bond donors (Lipinski definition) is 1. The number of carbonyl (C=O) groups excluding carboxylic acids is 1. The van der Waals surface area contributed by atoms with E-state index in [9.17, 15) is 4.79 Å². The summed E-state index contributed by atoms with van der Waals surface area (Å²) < 4.78 is 6.83. The lowest BCUT2D eigenvalue weighted by atomic mass is 10.1. The lowest BCUT2D eigenvalue weighted by Crippen LogP contribution is -2.11. The van der Waals surface area contributed by atoms with E-state index < -0.39 is 0 Å². The van der Waals surface area contributed by atoms with Crippen LogP contribution in [0.4, 0.5) is 5.69 Å². The maximum atomic E-state index is 12.4.